The van der Waals surface area contributed by atoms with Crippen LogP contribution in [0.4, 0.5) is 17.6 Å². The van der Waals surface area contributed by atoms with E-state index >= 15 is 0 Å². The van der Waals surface area contributed by atoms with Crippen LogP contribution in [0, 0.1) is 6.92 Å². The van der Waals surface area contributed by atoms with Gasteiger partial charge in [0.05, 0.1) is 5.69 Å². The van der Waals surface area contributed by atoms with Crippen molar-refractivity contribution in [1.82, 2.24) is 29.9 Å². The van der Waals surface area contributed by atoms with Crippen molar-refractivity contribution >= 4 is 17.6 Å². The molecule has 0 saturated carbocycles. The normalized spacial score (nSPS) is 14.5. The minimum absolute atomic E-state index is 0.722. The van der Waals surface area contributed by atoms with E-state index in [0.717, 1.165) is 55.3 Å². The third-order valence-corrected chi connectivity index (χ3v) is 4.57. The van der Waals surface area contributed by atoms with Crippen LogP contribution in [-0.4, -0.2) is 70.2 Å². The maximum absolute atomic E-state index is 4.63. The highest BCUT2D eigenvalue weighted by atomic mass is 15.4. The summed E-state index contributed by atoms with van der Waals surface area (Å²) in [7, 11) is 3.97. The van der Waals surface area contributed by atoms with Crippen molar-refractivity contribution in [3.05, 3.63) is 42.4 Å². The molecule has 27 heavy (non-hydrogen) atoms. The Bertz CT molecular complexity index is 895. The lowest BCUT2D eigenvalue weighted by atomic mass is 10.3. The first kappa shape index (κ1) is 17.2. The van der Waals surface area contributed by atoms with Gasteiger partial charge in [-0.15, -0.1) is 10.2 Å². The molecule has 9 nitrogen and oxygen atoms in total. The zero-order valence-corrected chi connectivity index (χ0v) is 15.8. The highest BCUT2D eigenvalue weighted by Crippen LogP contribution is 2.18. The van der Waals surface area contributed by atoms with E-state index < -0.39 is 0 Å². The Morgan fingerprint density at radius 2 is 1.59 bits per heavy atom. The SMILES string of the molecule is Cc1ccn(-c2ccc(N3CCN(c4nccc(N(C)C)n4)CC3)nn2)n1. The highest BCUT2D eigenvalue weighted by Gasteiger charge is 2.20. The average Bonchev–Trinajstić information content (AvgIpc) is 3.15. The van der Waals surface area contributed by atoms with Crippen LogP contribution in [0.2, 0.25) is 0 Å². The Morgan fingerprint density at radius 1 is 0.889 bits per heavy atom. The molecular formula is C18H23N9. The lowest BCUT2D eigenvalue weighted by Crippen LogP contribution is -2.47. The molecule has 9 heteroatoms. The first-order chi connectivity index (χ1) is 13.1. The topological polar surface area (TPSA) is 79.1 Å². The van der Waals surface area contributed by atoms with Gasteiger partial charge in [-0.3, -0.25) is 0 Å². The minimum Gasteiger partial charge on any atom is -0.363 e. The molecule has 1 aliphatic rings. The van der Waals surface area contributed by atoms with Gasteiger partial charge in [0.2, 0.25) is 5.95 Å². The first-order valence-electron chi connectivity index (χ1n) is 8.97. The number of anilines is 3. The van der Waals surface area contributed by atoms with Crippen LogP contribution in [0.15, 0.2) is 36.7 Å². The van der Waals surface area contributed by atoms with Gasteiger partial charge in [-0.2, -0.15) is 10.1 Å². The number of rotatable bonds is 4. The summed E-state index contributed by atoms with van der Waals surface area (Å²) >= 11 is 0. The van der Waals surface area contributed by atoms with E-state index in [4.69, 9.17) is 0 Å². The molecule has 0 N–H and O–H groups in total. The van der Waals surface area contributed by atoms with Crippen molar-refractivity contribution in [1.29, 1.82) is 0 Å². The first-order valence-corrected chi connectivity index (χ1v) is 8.97. The van der Waals surface area contributed by atoms with Crippen LogP contribution in [0.5, 0.6) is 0 Å². The van der Waals surface area contributed by atoms with Gasteiger partial charge < -0.3 is 14.7 Å². The maximum Gasteiger partial charge on any atom is 0.227 e. The van der Waals surface area contributed by atoms with Crippen molar-refractivity contribution in [3.63, 3.8) is 0 Å². The zero-order chi connectivity index (χ0) is 18.8. The summed E-state index contributed by atoms with van der Waals surface area (Å²) in [5, 5.41) is 13.1. The molecule has 0 amide bonds. The van der Waals surface area contributed by atoms with Gasteiger partial charge in [0.15, 0.2) is 11.6 Å². The fraction of sp³-hybridized carbons (Fsp3) is 0.389. The van der Waals surface area contributed by atoms with Crippen molar-refractivity contribution in [2.24, 2.45) is 0 Å². The largest absolute Gasteiger partial charge is 0.363 e. The summed E-state index contributed by atoms with van der Waals surface area (Å²) in [6, 6.07) is 7.81. The molecule has 140 valence electrons. The van der Waals surface area contributed by atoms with Crippen molar-refractivity contribution < 1.29 is 0 Å². The third-order valence-electron chi connectivity index (χ3n) is 4.57. The molecule has 4 heterocycles. The van der Waals surface area contributed by atoms with E-state index in [-0.39, 0.29) is 0 Å². The van der Waals surface area contributed by atoms with Gasteiger partial charge in [-0.25, -0.2) is 9.67 Å². The van der Waals surface area contributed by atoms with Gasteiger partial charge in [0.1, 0.15) is 5.82 Å². The zero-order valence-electron chi connectivity index (χ0n) is 15.8. The summed E-state index contributed by atoms with van der Waals surface area (Å²) in [5.41, 5.74) is 0.956. The predicted molar refractivity (Wildman–Crippen MR) is 105 cm³/mol. The fourth-order valence-corrected chi connectivity index (χ4v) is 3.03. The number of hydrogen-bond acceptors (Lipinski definition) is 8. The van der Waals surface area contributed by atoms with E-state index in [0.29, 0.717) is 0 Å². The Kier molecular flexibility index (Phi) is 4.57. The Balaban J connectivity index is 1.41. The van der Waals surface area contributed by atoms with Gasteiger partial charge in [0, 0.05) is 52.7 Å². The second-order valence-corrected chi connectivity index (χ2v) is 6.73. The van der Waals surface area contributed by atoms with E-state index in [9.17, 15) is 0 Å². The highest BCUT2D eigenvalue weighted by molar-refractivity contribution is 5.46. The molecule has 0 atom stereocenters. The smallest absolute Gasteiger partial charge is 0.227 e. The monoisotopic (exact) mass is 365 g/mol. The van der Waals surface area contributed by atoms with Gasteiger partial charge in [-0.05, 0) is 31.2 Å². The molecule has 0 radical (unpaired) electrons. The van der Waals surface area contributed by atoms with Crippen LogP contribution in [0.3, 0.4) is 0 Å². The van der Waals surface area contributed by atoms with Crippen LogP contribution in [0.1, 0.15) is 5.69 Å². The number of aromatic nitrogens is 6. The van der Waals surface area contributed by atoms with Gasteiger partial charge in [0.25, 0.3) is 0 Å². The molecule has 1 saturated heterocycles. The third kappa shape index (κ3) is 3.67. The second-order valence-electron chi connectivity index (χ2n) is 6.73. The molecule has 3 aromatic rings. The van der Waals surface area contributed by atoms with Crippen molar-refractivity contribution in [3.8, 4) is 5.82 Å². The second kappa shape index (κ2) is 7.18. The van der Waals surface area contributed by atoms with Gasteiger partial charge in [-0.1, -0.05) is 0 Å². The fourth-order valence-electron chi connectivity index (χ4n) is 3.03. The Labute approximate surface area is 158 Å². The summed E-state index contributed by atoms with van der Waals surface area (Å²) in [6.45, 7) is 5.35. The van der Waals surface area contributed by atoms with E-state index in [2.05, 4.69) is 35.1 Å². The van der Waals surface area contributed by atoms with E-state index in [1.165, 1.54) is 0 Å². The summed E-state index contributed by atoms with van der Waals surface area (Å²) in [6.07, 6.45) is 3.70. The minimum atomic E-state index is 0.722. The van der Waals surface area contributed by atoms with Crippen LogP contribution < -0.4 is 14.7 Å². The van der Waals surface area contributed by atoms with Crippen molar-refractivity contribution in [2.75, 3.05) is 55.0 Å². The van der Waals surface area contributed by atoms with E-state index in [1.807, 2.05) is 62.6 Å². The number of aryl methyl sites for hydroxylation is 1. The summed E-state index contributed by atoms with van der Waals surface area (Å²) in [4.78, 5) is 15.5. The van der Waals surface area contributed by atoms with Crippen LogP contribution in [-0.2, 0) is 0 Å². The molecule has 3 aromatic heterocycles. The van der Waals surface area contributed by atoms with Crippen molar-refractivity contribution in [2.45, 2.75) is 6.92 Å². The Hall–Kier alpha value is -3.23. The van der Waals surface area contributed by atoms with Crippen LogP contribution in [0.25, 0.3) is 5.82 Å². The molecule has 0 bridgehead atoms. The molecule has 1 fully saturated rings. The lowest BCUT2D eigenvalue weighted by Gasteiger charge is -2.35. The standard InChI is InChI=1S/C18H23N9/c1-14-7-9-27(23-14)17-5-4-16(21-22-17)25-10-12-26(13-11-25)18-19-8-6-15(20-18)24(2)3/h4-9H,10-13H2,1-3H3. The Morgan fingerprint density at radius 3 is 2.22 bits per heavy atom. The van der Waals surface area contributed by atoms with Gasteiger partial charge >= 0.3 is 0 Å². The molecule has 1 aliphatic heterocycles. The lowest BCUT2D eigenvalue weighted by molar-refractivity contribution is 0.630. The summed E-state index contributed by atoms with van der Waals surface area (Å²) < 4.78 is 1.74. The molecule has 0 spiro atoms. The van der Waals surface area contributed by atoms with E-state index in [1.54, 1.807) is 4.68 Å². The summed E-state index contributed by atoms with van der Waals surface area (Å²) in [5.74, 6) is 3.29. The number of hydrogen-bond donors (Lipinski definition) is 0. The predicted octanol–water partition coefficient (Wildman–Crippen LogP) is 1.15. The molecule has 4 rings (SSSR count). The molecule has 0 aliphatic carbocycles. The number of nitrogens with zero attached hydrogens (tertiary/aromatic N) is 9. The molecule has 0 aromatic carbocycles. The quantitative estimate of drug-likeness (QED) is 0.681. The number of piperazine rings is 1. The molecule has 0 unspecified atom stereocenters. The molecular weight excluding hydrogens is 342 g/mol. The maximum atomic E-state index is 4.63. The van der Waals surface area contributed by atoms with Crippen LogP contribution >= 0.6 is 0 Å². The average molecular weight is 365 g/mol.